The molecule has 0 bridgehead atoms. The van der Waals surface area contributed by atoms with Crippen LogP contribution in [0.25, 0.3) is 0 Å². The number of rotatable bonds is 7. The molecule has 0 aliphatic carbocycles. The number of benzene rings is 1. The number of carbonyl (C=O) groups is 1. The van der Waals surface area contributed by atoms with Gasteiger partial charge in [0.05, 0.1) is 5.75 Å². The van der Waals surface area contributed by atoms with Gasteiger partial charge in [-0.2, -0.15) is 0 Å². The predicted octanol–water partition coefficient (Wildman–Crippen LogP) is 1.10. The molecule has 9 nitrogen and oxygen atoms in total. The highest BCUT2D eigenvalue weighted by Gasteiger charge is 2.20. The highest BCUT2D eigenvalue weighted by molar-refractivity contribution is 8.01. The van der Waals surface area contributed by atoms with E-state index in [1.165, 1.54) is 25.4 Å². The molecule has 0 saturated heterocycles. The fourth-order valence-corrected chi connectivity index (χ4v) is 4.05. The second-order valence-corrected chi connectivity index (χ2v) is 8.09. The molecule has 28 heavy (non-hydrogen) atoms. The Morgan fingerprint density at radius 1 is 1.18 bits per heavy atom. The van der Waals surface area contributed by atoms with E-state index in [-0.39, 0.29) is 17.1 Å². The van der Waals surface area contributed by atoms with Gasteiger partial charge in [0, 0.05) is 20.6 Å². The number of hydrogen-bond donors (Lipinski definition) is 2. The third-order valence-corrected chi connectivity index (χ3v) is 6.02. The third-order valence-electron chi connectivity index (χ3n) is 4.01. The summed E-state index contributed by atoms with van der Waals surface area (Å²) >= 11 is 2.48. The molecule has 0 aliphatic rings. The van der Waals surface area contributed by atoms with E-state index < -0.39 is 17.0 Å². The molecule has 3 rings (SSSR count). The van der Waals surface area contributed by atoms with Crippen molar-refractivity contribution < 1.29 is 4.79 Å². The van der Waals surface area contributed by atoms with Crippen molar-refractivity contribution in [2.24, 2.45) is 14.1 Å². The maximum atomic E-state index is 12.5. The summed E-state index contributed by atoms with van der Waals surface area (Å²) in [6.07, 6.45) is 0. The number of nitrogens with one attached hydrogen (secondary N) is 1. The van der Waals surface area contributed by atoms with Crippen LogP contribution in [0.4, 0.5) is 10.9 Å². The van der Waals surface area contributed by atoms with Gasteiger partial charge in [-0.1, -0.05) is 53.4 Å². The number of carbonyl (C=O) groups excluding carboxylic acids is 1. The van der Waals surface area contributed by atoms with E-state index in [0.29, 0.717) is 16.0 Å². The lowest BCUT2D eigenvalue weighted by molar-refractivity contribution is 0.102. The van der Waals surface area contributed by atoms with Crippen molar-refractivity contribution in [2.45, 2.75) is 10.9 Å². The van der Waals surface area contributed by atoms with Crippen LogP contribution in [0.1, 0.15) is 15.9 Å². The van der Waals surface area contributed by atoms with Gasteiger partial charge >= 0.3 is 5.69 Å². The average molecular weight is 419 g/mol. The lowest BCUT2D eigenvalue weighted by Gasteiger charge is -2.10. The zero-order valence-corrected chi connectivity index (χ0v) is 16.8. The number of nitrogens with zero attached hydrogens (tertiary/aromatic N) is 4. The van der Waals surface area contributed by atoms with Crippen LogP contribution in [-0.4, -0.2) is 30.9 Å². The summed E-state index contributed by atoms with van der Waals surface area (Å²) in [5.41, 5.74) is 5.45. The van der Waals surface area contributed by atoms with Crippen molar-refractivity contribution in [2.75, 3.05) is 16.8 Å². The number of Topliss-reactive ketones (excluding diaryl/α,β-unsaturated/α-hetero) is 1. The fourth-order valence-electron chi connectivity index (χ4n) is 2.43. The largest absolute Gasteiger partial charge is 0.384 e. The van der Waals surface area contributed by atoms with Crippen molar-refractivity contribution in [1.29, 1.82) is 0 Å². The molecular formula is C17H18N6O3S2. The molecule has 146 valence electrons. The molecule has 2 heterocycles. The molecule has 0 radical (unpaired) electrons. The van der Waals surface area contributed by atoms with E-state index in [2.05, 4.69) is 15.5 Å². The smallest absolute Gasteiger partial charge is 0.332 e. The molecular weight excluding hydrogens is 400 g/mol. The van der Waals surface area contributed by atoms with Gasteiger partial charge in [-0.25, -0.2) is 4.79 Å². The summed E-state index contributed by atoms with van der Waals surface area (Å²) in [6.45, 7) is 0.615. The number of nitrogens with two attached hydrogens (primary N) is 1. The van der Waals surface area contributed by atoms with Gasteiger partial charge in [-0.05, 0) is 5.56 Å². The van der Waals surface area contributed by atoms with Gasteiger partial charge in [0.15, 0.2) is 10.1 Å². The second-order valence-electron chi connectivity index (χ2n) is 5.89. The summed E-state index contributed by atoms with van der Waals surface area (Å²) in [4.78, 5) is 36.6. The van der Waals surface area contributed by atoms with Crippen LogP contribution in [0.15, 0.2) is 44.3 Å². The van der Waals surface area contributed by atoms with Crippen molar-refractivity contribution >= 4 is 39.8 Å². The summed E-state index contributed by atoms with van der Waals surface area (Å²) in [6, 6.07) is 9.87. The van der Waals surface area contributed by atoms with E-state index in [4.69, 9.17) is 5.73 Å². The van der Waals surface area contributed by atoms with Crippen LogP contribution in [0.2, 0.25) is 0 Å². The molecule has 0 aliphatic heterocycles. The molecule has 2 aromatic heterocycles. The maximum absolute atomic E-state index is 12.5. The minimum Gasteiger partial charge on any atom is -0.384 e. The van der Waals surface area contributed by atoms with Crippen molar-refractivity contribution in [3.8, 4) is 0 Å². The van der Waals surface area contributed by atoms with Crippen LogP contribution >= 0.6 is 23.1 Å². The van der Waals surface area contributed by atoms with E-state index in [0.717, 1.165) is 26.5 Å². The lowest BCUT2D eigenvalue weighted by Crippen LogP contribution is -2.41. The maximum Gasteiger partial charge on any atom is 0.332 e. The van der Waals surface area contributed by atoms with E-state index in [9.17, 15) is 14.4 Å². The van der Waals surface area contributed by atoms with Gasteiger partial charge in [0.1, 0.15) is 11.4 Å². The molecule has 0 spiro atoms. The first kappa shape index (κ1) is 19.8. The van der Waals surface area contributed by atoms with Gasteiger partial charge in [-0.3, -0.25) is 18.7 Å². The van der Waals surface area contributed by atoms with Gasteiger partial charge in [-0.15, -0.1) is 10.2 Å². The molecule has 0 saturated carbocycles. The number of aromatic nitrogens is 4. The monoisotopic (exact) mass is 418 g/mol. The normalized spacial score (nSPS) is 10.8. The SMILES string of the molecule is Cn1c(N)c(C(=O)CSc2nnc(NCc3ccccc3)s2)c(=O)n(C)c1=O. The number of anilines is 2. The van der Waals surface area contributed by atoms with Crippen molar-refractivity contribution in [3.05, 3.63) is 62.3 Å². The Morgan fingerprint density at radius 2 is 1.89 bits per heavy atom. The Kier molecular flexibility index (Phi) is 5.95. The van der Waals surface area contributed by atoms with Crippen LogP contribution < -0.4 is 22.3 Å². The Bertz CT molecular complexity index is 1120. The standard InChI is InChI=1S/C17H18N6O3S2/c1-22-13(18)12(14(25)23(2)17(22)26)11(24)9-27-16-21-20-15(28-16)19-8-10-6-4-3-5-7-10/h3-7H,8-9,18H2,1-2H3,(H,19,20). The zero-order chi connectivity index (χ0) is 20.3. The summed E-state index contributed by atoms with van der Waals surface area (Å²) in [7, 11) is 2.72. The second kappa shape index (κ2) is 8.40. The Hall–Kier alpha value is -2.92. The summed E-state index contributed by atoms with van der Waals surface area (Å²) in [5, 5.41) is 11.9. The molecule has 11 heteroatoms. The molecule has 1 aromatic carbocycles. The quantitative estimate of drug-likeness (QED) is 0.432. The summed E-state index contributed by atoms with van der Waals surface area (Å²) in [5.74, 6) is -0.640. The topological polar surface area (TPSA) is 125 Å². The first-order valence-corrected chi connectivity index (χ1v) is 10.0. The van der Waals surface area contributed by atoms with E-state index >= 15 is 0 Å². The van der Waals surface area contributed by atoms with Crippen LogP contribution in [0.5, 0.6) is 0 Å². The van der Waals surface area contributed by atoms with Crippen LogP contribution in [-0.2, 0) is 20.6 Å². The van der Waals surface area contributed by atoms with Crippen molar-refractivity contribution in [1.82, 2.24) is 19.3 Å². The zero-order valence-electron chi connectivity index (χ0n) is 15.2. The predicted molar refractivity (Wildman–Crippen MR) is 110 cm³/mol. The number of thioether (sulfide) groups is 1. The summed E-state index contributed by atoms with van der Waals surface area (Å²) < 4.78 is 2.53. The van der Waals surface area contributed by atoms with E-state index in [1.54, 1.807) is 0 Å². The molecule has 3 aromatic rings. The highest BCUT2D eigenvalue weighted by atomic mass is 32.2. The fraction of sp³-hybridized carbons (Fsp3) is 0.235. The average Bonchev–Trinajstić information content (AvgIpc) is 3.16. The Labute approximate surface area is 168 Å². The highest BCUT2D eigenvalue weighted by Crippen LogP contribution is 2.26. The minimum atomic E-state index is -0.700. The molecule has 0 atom stereocenters. The van der Waals surface area contributed by atoms with Crippen LogP contribution in [0, 0.1) is 0 Å². The molecule has 3 N–H and O–H groups in total. The van der Waals surface area contributed by atoms with Crippen molar-refractivity contribution in [3.63, 3.8) is 0 Å². The van der Waals surface area contributed by atoms with Crippen LogP contribution in [0.3, 0.4) is 0 Å². The van der Waals surface area contributed by atoms with Gasteiger partial charge in [0.2, 0.25) is 5.13 Å². The Balaban J connectivity index is 1.65. The van der Waals surface area contributed by atoms with Gasteiger partial charge in [0.25, 0.3) is 5.56 Å². The first-order valence-electron chi connectivity index (χ1n) is 8.21. The minimum absolute atomic E-state index is 0.0367. The molecule has 0 unspecified atom stereocenters. The van der Waals surface area contributed by atoms with E-state index in [1.807, 2.05) is 30.3 Å². The molecule has 0 fully saturated rings. The molecule has 0 amide bonds. The first-order chi connectivity index (χ1) is 13.4. The number of hydrogen-bond acceptors (Lipinski definition) is 9. The number of nitrogen functional groups attached to an aromatic ring is 1. The third kappa shape index (κ3) is 4.15. The lowest BCUT2D eigenvalue weighted by atomic mass is 10.2. The Morgan fingerprint density at radius 3 is 2.61 bits per heavy atom. The van der Waals surface area contributed by atoms with Gasteiger partial charge < -0.3 is 11.1 Å². The number of ketones is 1.